The van der Waals surface area contributed by atoms with Crippen LogP contribution >= 0.6 is 0 Å². The van der Waals surface area contributed by atoms with Crippen molar-refractivity contribution in [3.8, 4) is 0 Å². The SMILES string of the molecule is C=O.FC(F)(F)c1cnc[nH]1.O=CC(=O)C(F)(F)F. The van der Waals surface area contributed by atoms with Crippen LogP contribution in [0.25, 0.3) is 0 Å². The van der Waals surface area contributed by atoms with Crippen molar-refractivity contribution in [2.24, 2.45) is 0 Å². The van der Waals surface area contributed by atoms with Gasteiger partial charge in [-0.1, -0.05) is 0 Å². The number of Topliss-reactive ketones (excluding diaryl/α,β-unsaturated/α-hetero) is 1. The number of ketones is 1. The van der Waals surface area contributed by atoms with E-state index in [1.165, 1.54) is 0 Å². The number of aromatic amines is 1. The molecule has 108 valence electrons. The van der Waals surface area contributed by atoms with E-state index < -0.39 is 30.1 Å². The van der Waals surface area contributed by atoms with Crippen LogP contribution in [0, 0.1) is 0 Å². The van der Waals surface area contributed by atoms with Gasteiger partial charge in [0.25, 0.3) is 5.78 Å². The minimum absolute atomic E-state index is 0.736. The number of carbonyl (C=O) groups is 3. The van der Waals surface area contributed by atoms with E-state index in [0.717, 1.165) is 12.5 Å². The Morgan fingerprint density at radius 1 is 1.21 bits per heavy atom. The predicted octanol–water partition coefficient (Wildman–Crippen LogP) is 1.56. The lowest BCUT2D eigenvalue weighted by Gasteiger charge is -1.99. The van der Waals surface area contributed by atoms with Gasteiger partial charge in [-0.15, -0.1) is 0 Å². The Labute approximate surface area is 101 Å². The smallest absolute Gasteiger partial charge is 0.341 e. The number of carbonyl (C=O) groups excluding carboxylic acids is 3. The van der Waals surface area contributed by atoms with E-state index >= 15 is 0 Å². The fraction of sp³-hybridized carbons (Fsp3) is 0.250. The molecule has 1 aromatic rings. The number of imidazole rings is 1. The van der Waals surface area contributed by atoms with Crippen molar-refractivity contribution >= 4 is 18.9 Å². The molecule has 0 spiro atoms. The third-order valence-corrected chi connectivity index (χ3v) is 1.19. The summed E-state index contributed by atoms with van der Waals surface area (Å²) < 4.78 is 67.3. The lowest BCUT2D eigenvalue weighted by atomic mass is 10.4. The highest BCUT2D eigenvalue weighted by Crippen LogP contribution is 2.26. The van der Waals surface area contributed by atoms with Crippen LogP contribution in [0.4, 0.5) is 26.3 Å². The molecule has 1 rings (SSSR count). The van der Waals surface area contributed by atoms with Crippen LogP contribution in [0.5, 0.6) is 0 Å². The Bertz CT molecular complexity index is 384. The van der Waals surface area contributed by atoms with E-state index in [4.69, 9.17) is 9.59 Å². The first-order valence-electron chi connectivity index (χ1n) is 3.99. The molecule has 1 aromatic heterocycles. The molecule has 0 aromatic carbocycles. The summed E-state index contributed by atoms with van der Waals surface area (Å²) in [6, 6.07) is 0. The van der Waals surface area contributed by atoms with Crippen molar-refractivity contribution in [3.05, 3.63) is 18.2 Å². The van der Waals surface area contributed by atoms with Crippen LogP contribution in [-0.2, 0) is 20.6 Å². The van der Waals surface area contributed by atoms with Gasteiger partial charge in [0.15, 0.2) is 6.29 Å². The lowest BCUT2D eigenvalue weighted by Crippen LogP contribution is -2.23. The van der Waals surface area contributed by atoms with E-state index in [0.29, 0.717) is 0 Å². The first kappa shape index (κ1) is 19.1. The van der Waals surface area contributed by atoms with Gasteiger partial charge < -0.3 is 9.78 Å². The molecule has 0 amide bonds. The highest BCUT2D eigenvalue weighted by atomic mass is 19.4. The number of aldehydes is 1. The van der Waals surface area contributed by atoms with Gasteiger partial charge in [-0.3, -0.25) is 9.59 Å². The van der Waals surface area contributed by atoms with E-state index in [1.54, 1.807) is 0 Å². The molecule has 1 N–H and O–H groups in total. The van der Waals surface area contributed by atoms with Crippen molar-refractivity contribution in [1.29, 1.82) is 0 Å². The number of nitrogens with zero attached hydrogens (tertiary/aromatic N) is 1. The second-order valence-electron chi connectivity index (χ2n) is 2.44. The molecule has 0 saturated carbocycles. The number of halogens is 6. The zero-order valence-corrected chi connectivity index (χ0v) is 8.88. The van der Waals surface area contributed by atoms with Crippen molar-refractivity contribution in [2.75, 3.05) is 0 Å². The van der Waals surface area contributed by atoms with E-state index in [-0.39, 0.29) is 0 Å². The highest BCUT2D eigenvalue weighted by Gasteiger charge is 2.37. The molecule has 19 heavy (non-hydrogen) atoms. The molecular weight excluding hydrogens is 286 g/mol. The number of H-pyrrole nitrogens is 1. The Morgan fingerprint density at radius 2 is 1.68 bits per heavy atom. The molecule has 0 aliphatic rings. The van der Waals surface area contributed by atoms with Crippen LogP contribution in [-0.4, -0.2) is 35.0 Å². The molecular formula is C8H6F6N2O3. The monoisotopic (exact) mass is 292 g/mol. The third-order valence-electron chi connectivity index (χ3n) is 1.19. The van der Waals surface area contributed by atoms with Gasteiger partial charge in [0.05, 0.1) is 12.5 Å². The molecule has 0 unspecified atom stereocenters. The fourth-order valence-electron chi connectivity index (χ4n) is 0.478. The zero-order chi connectivity index (χ0) is 15.7. The van der Waals surface area contributed by atoms with Crippen molar-refractivity contribution in [3.63, 3.8) is 0 Å². The number of rotatable bonds is 1. The van der Waals surface area contributed by atoms with Crippen molar-refractivity contribution < 1.29 is 40.7 Å². The topological polar surface area (TPSA) is 79.9 Å². The Hall–Kier alpha value is -2.20. The van der Waals surface area contributed by atoms with Gasteiger partial charge in [-0.05, 0) is 0 Å². The van der Waals surface area contributed by atoms with E-state index in [1.807, 2.05) is 11.8 Å². The third kappa shape index (κ3) is 8.51. The standard InChI is InChI=1S/C4H3F3N2.C3HF3O2.CH2O/c5-4(6,7)3-1-8-2-9-3;4-3(5,6)2(8)1-7;1-2/h1-2H,(H,8,9);1H;1H2. The van der Waals surface area contributed by atoms with Gasteiger partial charge in [-0.25, -0.2) is 4.98 Å². The number of nitrogens with one attached hydrogen (secondary N) is 1. The molecule has 0 saturated heterocycles. The highest BCUT2D eigenvalue weighted by molar-refractivity contribution is 6.27. The number of hydrogen-bond acceptors (Lipinski definition) is 4. The molecule has 0 bridgehead atoms. The summed E-state index contributed by atoms with van der Waals surface area (Å²) in [5.74, 6) is -2.35. The maximum absolute atomic E-state index is 11.5. The number of aromatic nitrogens is 2. The van der Waals surface area contributed by atoms with Gasteiger partial charge in [0.2, 0.25) is 0 Å². The summed E-state index contributed by atoms with van der Waals surface area (Å²) in [5.41, 5.74) is -0.817. The normalized spacial score (nSPS) is 10.4. The van der Waals surface area contributed by atoms with Gasteiger partial charge in [-0.2, -0.15) is 26.3 Å². The van der Waals surface area contributed by atoms with Crippen LogP contribution in [0.15, 0.2) is 12.5 Å². The summed E-state index contributed by atoms with van der Waals surface area (Å²) in [7, 11) is 0. The minimum Gasteiger partial charge on any atom is -0.341 e. The van der Waals surface area contributed by atoms with Gasteiger partial charge >= 0.3 is 12.4 Å². The first-order chi connectivity index (χ1) is 8.59. The lowest BCUT2D eigenvalue weighted by molar-refractivity contribution is -0.171. The fourth-order valence-corrected chi connectivity index (χ4v) is 0.478. The van der Waals surface area contributed by atoms with Gasteiger partial charge in [0.1, 0.15) is 12.5 Å². The molecule has 0 atom stereocenters. The average molecular weight is 292 g/mol. The zero-order valence-electron chi connectivity index (χ0n) is 8.88. The molecule has 1 heterocycles. The average Bonchev–Trinajstić information content (AvgIpc) is 2.83. The first-order valence-corrected chi connectivity index (χ1v) is 3.99. The van der Waals surface area contributed by atoms with E-state index in [2.05, 4.69) is 4.98 Å². The van der Waals surface area contributed by atoms with Crippen molar-refractivity contribution in [2.45, 2.75) is 12.4 Å². The minimum atomic E-state index is -5.00. The molecule has 0 fully saturated rings. The predicted molar refractivity (Wildman–Crippen MR) is 47.8 cm³/mol. The second kappa shape index (κ2) is 8.00. The molecule has 0 aliphatic carbocycles. The Morgan fingerprint density at radius 3 is 1.79 bits per heavy atom. The molecule has 0 radical (unpaired) electrons. The maximum atomic E-state index is 11.5. The summed E-state index contributed by atoms with van der Waals surface area (Å²) in [4.78, 5) is 31.6. The largest absolute Gasteiger partial charge is 0.457 e. The maximum Gasteiger partial charge on any atom is 0.457 e. The Balaban J connectivity index is 0. The van der Waals surface area contributed by atoms with Crippen LogP contribution in [0.1, 0.15) is 5.69 Å². The molecule has 0 aliphatic heterocycles. The molecule has 5 nitrogen and oxygen atoms in total. The summed E-state index contributed by atoms with van der Waals surface area (Å²) in [6.07, 6.45) is -8.33. The second-order valence-corrected chi connectivity index (χ2v) is 2.44. The van der Waals surface area contributed by atoms with Crippen LogP contribution in [0.3, 0.4) is 0 Å². The summed E-state index contributed by atoms with van der Waals surface area (Å²) in [6.45, 7) is 2.00. The summed E-state index contributed by atoms with van der Waals surface area (Å²) >= 11 is 0. The van der Waals surface area contributed by atoms with Gasteiger partial charge in [0, 0.05) is 0 Å². The van der Waals surface area contributed by atoms with Crippen molar-refractivity contribution in [1.82, 2.24) is 9.97 Å². The van der Waals surface area contributed by atoms with Crippen LogP contribution in [0.2, 0.25) is 0 Å². The van der Waals surface area contributed by atoms with Crippen LogP contribution < -0.4 is 0 Å². The number of alkyl halides is 6. The quantitative estimate of drug-likeness (QED) is 0.484. The van der Waals surface area contributed by atoms with E-state index in [9.17, 15) is 31.1 Å². The number of hydrogen-bond donors (Lipinski definition) is 1. The molecule has 11 heteroatoms. The Kier molecular flexibility index (Phi) is 8.06. The summed E-state index contributed by atoms with van der Waals surface area (Å²) in [5, 5.41) is 0.